The van der Waals surface area contributed by atoms with Crippen molar-refractivity contribution < 1.29 is 22.6 Å². The molecule has 0 aromatic heterocycles. The molecule has 0 saturated heterocycles. The minimum atomic E-state index is -2.85. The number of rotatable bonds is 11. The van der Waals surface area contributed by atoms with Crippen LogP contribution in [0.2, 0.25) is 0 Å². The molecule has 2 nitrogen and oxygen atoms in total. The van der Waals surface area contributed by atoms with E-state index >= 15 is 4.39 Å². The summed E-state index contributed by atoms with van der Waals surface area (Å²) < 4.78 is 49.6. The van der Waals surface area contributed by atoms with Gasteiger partial charge in [0, 0.05) is 5.39 Å². The Morgan fingerprint density at radius 1 is 0.714 bits per heavy atom. The van der Waals surface area contributed by atoms with Crippen LogP contribution in [0.3, 0.4) is 0 Å². The Balaban J connectivity index is 1.37. The molecule has 0 aliphatic carbocycles. The second kappa shape index (κ2) is 11.6. The first kappa shape index (κ1) is 24.4. The quantitative estimate of drug-likeness (QED) is 0.206. The maximum atomic E-state index is 15.2. The number of alkyl halides is 2. The third-order valence-corrected chi connectivity index (χ3v) is 5.92. The van der Waals surface area contributed by atoms with E-state index in [1.165, 1.54) is 17.7 Å². The Kier molecular flexibility index (Phi) is 8.09. The number of benzene rings is 4. The number of hydrogen-bond donors (Lipinski definition) is 0. The summed E-state index contributed by atoms with van der Waals surface area (Å²) >= 11 is 0. The predicted molar refractivity (Wildman–Crippen MR) is 134 cm³/mol. The van der Waals surface area contributed by atoms with Crippen LogP contribution in [0.15, 0.2) is 91.5 Å². The molecule has 0 saturated carbocycles. The fourth-order valence-corrected chi connectivity index (χ4v) is 4.05. The zero-order valence-corrected chi connectivity index (χ0v) is 19.4. The minimum Gasteiger partial charge on any atom is -0.490 e. The van der Waals surface area contributed by atoms with Gasteiger partial charge in [-0.05, 0) is 77.6 Å². The van der Waals surface area contributed by atoms with E-state index in [0.29, 0.717) is 30.4 Å². The smallest absolute Gasteiger partial charge is 0.387 e. The van der Waals surface area contributed by atoms with Crippen LogP contribution in [-0.4, -0.2) is 13.2 Å². The number of ether oxygens (including phenoxy) is 2. The molecule has 0 atom stereocenters. The minimum absolute atomic E-state index is 0.117. The predicted octanol–water partition coefficient (Wildman–Crippen LogP) is 7.72. The van der Waals surface area contributed by atoms with Gasteiger partial charge >= 0.3 is 6.61 Å². The van der Waals surface area contributed by atoms with Crippen LogP contribution in [-0.2, 0) is 25.7 Å². The van der Waals surface area contributed by atoms with Gasteiger partial charge < -0.3 is 9.47 Å². The van der Waals surface area contributed by atoms with Crippen molar-refractivity contribution >= 4 is 10.8 Å². The van der Waals surface area contributed by atoms with Crippen molar-refractivity contribution in [2.75, 3.05) is 6.61 Å². The highest BCUT2D eigenvalue weighted by molar-refractivity contribution is 5.84. The Morgan fingerprint density at radius 2 is 1.31 bits per heavy atom. The Bertz CT molecular complexity index is 1270. The van der Waals surface area contributed by atoms with Gasteiger partial charge in [-0.25, -0.2) is 4.39 Å². The Morgan fingerprint density at radius 3 is 1.97 bits per heavy atom. The van der Waals surface area contributed by atoms with Gasteiger partial charge in [-0.15, -0.1) is 0 Å². The second-order valence-corrected chi connectivity index (χ2v) is 8.36. The van der Waals surface area contributed by atoms with Gasteiger partial charge in [0.2, 0.25) is 0 Å². The number of hydrogen-bond acceptors (Lipinski definition) is 2. The topological polar surface area (TPSA) is 18.5 Å². The molecule has 4 aromatic rings. The van der Waals surface area contributed by atoms with Crippen molar-refractivity contribution in [2.45, 2.75) is 32.3 Å². The maximum absolute atomic E-state index is 15.2. The Hall–Kier alpha value is -3.73. The highest BCUT2D eigenvalue weighted by Gasteiger charge is 2.10. The van der Waals surface area contributed by atoms with E-state index in [4.69, 9.17) is 4.74 Å². The van der Waals surface area contributed by atoms with Crippen molar-refractivity contribution in [3.05, 3.63) is 120 Å². The highest BCUT2D eigenvalue weighted by atomic mass is 19.3. The average molecular weight is 477 g/mol. The van der Waals surface area contributed by atoms with E-state index in [2.05, 4.69) is 23.4 Å². The molecule has 0 radical (unpaired) electrons. The highest BCUT2D eigenvalue weighted by Crippen LogP contribution is 2.25. The summed E-state index contributed by atoms with van der Waals surface area (Å²) in [7, 11) is 0. The number of fused-ring (bicyclic) bond motifs is 1. The molecule has 0 aliphatic heterocycles. The fourth-order valence-electron chi connectivity index (χ4n) is 4.05. The molecule has 0 bridgehead atoms. The molecule has 0 spiro atoms. The van der Waals surface area contributed by atoms with Crippen LogP contribution in [0.4, 0.5) is 13.2 Å². The van der Waals surface area contributed by atoms with Crippen molar-refractivity contribution in [3.8, 4) is 11.5 Å². The van der Waals surface area contributed by atoms with E-state index in [1.807, 2.05) is 42.5 Å². The third kappa shape index (κ3) is 6.66. The molecule has 180 valence electrons. The van der Waals surface area contributed by atoms with Gasteiger partial charge in [0.25, 0.3) is 0 Å². The van der Waals surface area contributed by atoms with Gasteiger partial charge in [0.15, 0.2) is 0 Å². The SMILES string of the molecule is C=CCOc1ccc(CCc2ccc3c(F)c(CCc4ccc(OC(F)F)cc4)ccc3c2)cc1. The number of aryl methyl sites for hydroxylation is 4. The van der Waals surface area contributed by atoms with Gasteiger partial charge in [-0.3, -0.25) is 0 Å². The Labute approximate surface area is 203 Å². The monoisotopic (exact) mass is 476 g/mol. The molecule has 4 rings (SSSR count). The van der Waals surface area contributed by atoms with E-state index < -0.39 is 6.61 Å². The van der Waals surface area contributed by atoms with Crippen molar-refractivity contribution in [3.63, 3.8) is 0 Å². The van der Waals surface area contributed by atoms with Crippen LogP contribution in [0.25, 0.3) is 10.8 Å². The zero-order valence-electron chi connectivity index (χ0n) is 19.4. The molecular formula is C30H27F3O2. The summed E-state index contributed by atoms with van der Waals surface area (Å²) in [5.74, 6) is 0.733. The number of halogens is 3. The maximum Gasteiger partial charge on any atom is 0.387 e. The van der Waals surface area contributed by atoms with E-state index in [9.17, 15) is 8.78 Å². The largest absolute Gasteiger partial charge is 0.490 e. The lowest BCUT2D eigenvalue weighted by atomic mass is 9.97. The average Bonchev–Trinajstić information content (AvgIpc) is 2.87. The molecule has 0 fully saturated rings. The first-order chi connectivity index (χ1) is 17.0. The summed E-state index contributed by atoms with van der Waals surface area (Å²) in [5.41, 5.74) is 3.94. The van der Waals surface area contributed by atoms with Gasteiger partial charge in [-0.1, -0.05) is 67.3 Å². The fraction of sp³-hybridized carbons (Fsp3) is 0.200. The van der Waals surface area contributed by atoms with Crippen LogP contribution in [0.1, 0.15) is 22.3 Å². The third-order valence-electron chi connectivity index (χ3n) is 5.92. The van der Waals surface area contributed by atoms with Crippen molar-refractivity contribution in [1.29, 1.82) is 0 Å². The molecule has 0 heterocycles. The van der Waals surface area contributed by atoms with Crippen molar-refractivity contribution in [2.24, 2.45) is 0 Å². The molecular weight excluding hydrogens is 449 g/mol. The van der Waals surface area contributed by atoms with Gasteiger partial charge in [-0.2, -0.15) is 8.78 Å². The van der Waals surface area contributed by atoms with Crippen LogP contribution in [0, 0.1) is 5.82 Å². The molecule has 0 N–H and O–H groups in total. The standard InChI is InChI=1S/C30H27F3O2/c1-2-19-34-26-14-6-21(7-15-26)3-4-23-10-18-28-25(20-23)13-12-24(29(28)31)11-5-22-8-16-27(17-9-22)35-30(32)33/h2,6-10,12-18,20,30H,1,3-5,11,19H2. The van der Waals surface area contributed by atoms with Crippen LogP contribution < -0.4 is 9.47 Å². The summed E-state index contributed by atoms with van der Waals surface area (Å²) in [4.78, 5) is 0. The first-order valence-electron chi connectivity index (χ1n) is 11.6. The van der Waals surface area contributed by atoms with E-state index in [-0.39, 0.29) is 11.6 Å². The van der Waals surface area contributed by atoms with Crippen LogP contribution in [0.5, 0.6) is 11.5 Å². The molecule has 4 aromatic carbocycles. The lowest BCUT2D eigenvalue weighted by Crippen LogP contribution is -2.02. The molecule has 5 heteroatoms. The van der Waals surface area contributed by atoms with E-state index in [0.717, 1.165) is 35.1 Å². The zero-order chi connectivity index (χ0) is 24.6. The summed E-state index contributed by atoms with van der Waals surface area (Å²) in [6.07, 6.45) is 4.58. The summed E-state index contributed by atoms with van der Waals surface area (Å²) in [6, 6.07) is 24.2. The van der Waals surface area contributed by atoms with Crippen molar-refractivity contribution in [1.82, 2.24) is 0 Å². The van der Waals surface area contributed by atoms with Crippen LogP contribution >= 0.6 is 0 Å². The lowest BCUT2D eigenvalue weighted by molar-refractivity contribution is -0.0498. The summed E-state index contributed by atoms with van der Waals surface area (Å²) in [6.45, 7) is 1.29. The molecule has 0 amide bonds. The molecule has 0 aliphatic rings. The van der Waals surface area contributed by atoms with Gasteiger partial charge in [0.05, 0.1) is 0 Å². The lowest BCUT2D eigenvalue weighted by Gasteiger charge is -2.10. The summed E-state index contributed by atoms with van der Waals surface area (Å²) in [5, 5.41) is 1.49. The molecule has 0 unspecified atom stereocenters. The molecule has 35 heavy (non-hydrogen) atoms. The van der Waals surface area contributed by atoms with Gasteiger partial charge in [0.1, 0.15) is 23.9 Å². The first-order valence-corrected chi connectivity index (χ1v) is 11.6. The normalized spacial score (nSPS) is 11.1. The second-order valence-electron chi connectivity index (χ2n) is 8.36. The van der Waals surface area contributed by atoms with E-state index in [1.54, 1.807) is 18.2 Å².